The molecule has 0 aliphatic rings. The monoisotopic (exact) mass is 254 g/mol. The Hall–Kier alpha value is -2.26. The van der Waals surface area contributed by atoms with Crippen molar-refractivity contribution in [2.75, 3.05) is 13.9 Å². The molecule has 0 bridgehead atoms. The first kappa shape index (κ1) is 11.8. The first-order valence-corrected chi connectivity index (χ1v) is 6.08. The largest absolute Gasteiger partial charge is 0.467 e. The molecule has 19 heavy (non-hydrogen) atoms. The molecule has 3 rings (SSSR count). The number of methoxy groups -OCH3 is 1. The van der Waals surface area contributed by atoms with Gasteiger partial charge < -0.3 is 13.9 Å². The molecule has 0 unspecified atom stereocenters. The first-order chi connectivity index (χ1) is 9.38. The molecule has 3 heteroatoms. The molecular formula is C16H14O3. The Balaban J connectivity index is 2.05. The summed E-state index contributed by atoms with van der Waals surface area (Å²) >= 11 is 0. The predicted octanol–water partition coefficient (Wildman–Crippen LogP) is 4.08. The number of ether oxygens (including phenoxy) is 2. The van der Waals surface area contributed by atoms with Gasteiger partial charge in [-0.1, -0.05) is 30.3 Å². The van der Waals surface area contributed by atoms with E-state index in [4.69, 9.17) is 13.9 Å². The normalized spacial score (nSPS) is 10.8. The van der Waals surface area contributed by atoms with E-state index >= 15 is 0 Å². The molecule has 0 aliphatic heterocycles. The summed E-state index contributed by atoms with van der Waals surface area (Å²) in [5.41, 5.74) is 1.80. The second-order valence-electron chi connectivity index (χ2n) is 4.20. The van der Waals surface area contributed by atoms with Crippen LogP contribution in [-0.2, 0) is 4.74 Å². The minimum Gasteiger partial charge on any atom is -0.467 e. The molecule has 96 valence electrons. The SMILES string of the molecule is COCOc1ccccc1-c1cc2ccccc2o1. The Morgan fingerprint density at radius 2 is 1.79 bits per heavy atom. The Morgan fingerprint density at radius 1 is 1.00 bits per heavy atom. The molecule has 0 saturated heterocycles. The quantitative estimate of drug-likeness (QED) is 0.657. The fourth-order valence-electron chi connectivity index (χ4n) is 2.03. The molecule has 1 heterocycles. The van der Waals surface area contributed by atoms with Crippen molar-refractivity contribution in [3.63, 3.8) is 0 Å². The van der Waals surface area contributed by atoms with Crippen molar-refractivity contribution < 1.29 is 13.9 Å². The lowest BCUT2D eigenvalue weighted by Crippen LogP contribution is -1.99. The number of furan rings is 1. The number of benzene rings is 2. The second-order valence-corrected chi connectivity index (χ2v) is 4.20. The average Bonchev–Trinajstić information content (AvgIpc) is 2.89. The van der Waals surface area contributed by atoms with Crippen LogP contribution < -0.4 is 4.74 Å². The standard InChI is InChI=1S/C16H14O3/c1-17-11-18-15-9-5-3-7-13(15)16-10-12-6-2-4-8-14(12)19-16/h2-10H,11H2,1H3. The molecule has 0 fully saturated rings. The maximum atomic E-state index is 5.85. The van der Waals surface area contributed by atoms with E-state index < -0.39 is 0 Å². The third-order valence-electron chi connectivity index (χ3n) is 2.91. The van der Waals surface area contributed by atoms with Crippen LogP contribution in [0.15, 0.2) is 59.0 Å². The Bertz CT molecular complexity index is 652. The smallest absolute Gasteiger partial charge is 0.188 e. The Morgan fingerprint density at radius 3 is 2.63 bits per heavy atom. The summed E-state index contributed by atoms with van der Waals surface area (Å²) in [6.45, 7) is 0.219. The highest BCUT2D eigenvalue weighted by atomic mass is 16.7. The van der Waals surface area contributed by atoms with Crippen molar-refractivity contribution in [3.05, 3.63) is 54.6 Å². The van der Waals surface area contributed by atoms with E-state index in [1.807, 2.05) is 54.6 Å². The molecule has 0 atom stereocenters. The van der Waals surface area contributed by atoms with E-state index in [0.717, 1.165) is 28.0 Å². The summed E-state index contributed by atoms with van der Waals surface area (Å²) in [6, 6.07) is 17.7. The number of hydrogen-bond acceptors (Lipinski definition) is 3. The van der Waals surface area contributed by atoms with Crippen LogP contribution in [0.1, 0.15) is 0 Å². The van der Waals surface area contributed by atoms with Gasteiger partial charge in [-0.2, -0.15) is 0 Å². The molecule has 0 radical (unpaired) electrons. The molecule has 1 aromatic heterocycles. The van der Waals surface area contributed by atoms with Gasteiger partial charge in [0, 0.05) is 12.5 Å². The number of para-hydroxylation sites is 2. The van der Waals surface area contributed by atoms with Crippen LogP contribution in [0.4, 0.5) is 0 Å². The van der Waals surface area contributed by atoms with Crippen molar-refractivity contribution >= 4 is 11.0 Å². The number of rotatable bonds is 4. The summed E-state index contributed by atoms with van der Waals surface area (Å²) in [4.78, 5) is 0. The molecule has 0 aliphatic carbocycles. The molecule has 0 spiro atoms. The zero-order valence-corrected chi connectivity index (χ0v) is 10.6. The third-order valence-corrected chi connectivity index (χ3v) is 2.91. The Kier molecular flexibility index (Phi) is 3.21. The van der Waals surface area contributed by atoms with E-state index in [1.165, 1.54) is 0 Å². The third kappa shape index (κ3) is 2.33. The highest BCUT2D eigenvalue weighted by Crippen LogP contribution is 2.33. The van der Waals surface area contributed by atoms with Gasteiger partial charge >= 0.3 is 0 Å². The second kappa shape index (κ2) is 5.16. The van der Waals surface area contributed by atoms with Gasteiger partial charge in [0.1, 0.15) is 17.1 Å². The van der Waals surface area contributed by atoms with Gasteiger partial charge in [-0.05, 0) is 24.3 Å². The van der Waals surface area contributed by atoms with Gasteiger partial charge in [-0.15, -0.1) is 0 Å². The van der Waals surface area contributed by atoms with Crippen LogP contribution in [0.5, 0.6) is 5.75 Å². The van der Waals surface area contributed by atoms with Crippen LogP contribution in [0.3, 0.4) is 0 Å². The van der Waals surface area contributed by atoms with Crippen LogP contribution in [-0.4, -0.2) is 13.9 Å². The molecule has 0 saturated carbocycles. The topological polar surface area (TPSA) is 31.6 Å². The molecule has 3 aromatic rings. The van der Waals surface area contributed by atoms with E-state index in [9.17, 15) is 0 Å². The number of fused-ring (bicyclic) bond motifs is 1. The zero-order valence-electron chi connectivity index (χ0n) is 10.6. The van der Waals surface area contributed by atoms with Gasteiger partial charge in [-0.25, -0.2) is 0 Å². The molecule has 0 amide bonds. The average molecular weight is 254 g/mol. The summed E-state index contributed by atoms with van der Waals surface area (Å²) in [5, 5.41) is 1.08. The van der Waals surface area contributed by atoms with Crippen LogP contribution in [0.25, 0.3) is 22.3 Å². The predicted molar refractivity (Wildman–Crippen MR) is 74.2 cm³/mol. The van der Waals surface area contributed by atoms with E-state index in [-0.39, 0.29) is 6.79 Å². The Labute approximate surface area is 111 Å². The maximum Gasteiger partial charge on any atom is 0.188 e. The van der Waals surface area contributed by atoms with Crippen molar-refractivity contribution in [2.45, 2.75) is 0 Å². The lowest BCUT2D eigenvalue weighted by molar-refractivity contribution is 0.0514. The molecule has 3 nitrogen and oxygen atoms in total. The summed E-state index contributed by atoms with van der Waals surface area (Å²) in [7, 11) is 1.60. The summed E-state index contributed by atoms with van der Waals surface area (Å²) < 4.78 is 16.4. The van der Waals surface area contributed by atoms with Gasteiger partial charge in [0.2, 0.25) is 0 Å². The van der Waals surface area contributed by atoms with Gasteiger partial charge in [0.25, 0.3) is 0 Å². The first-order valence-electron chi connectivity index (χ1n) is 6.08. The van der Waals surface area contributed by atoms with Crippen molar-refractivity contribution in [1.82, 2.24) is 0 Å². The fraction of sp³-hybridized carbons (Fsp3) is 0.125. The zero-order chi connectivity index (χ0) is 13.1. The highest BCUT2D eigenvalue weighted by Gasteiger charge is 2.10. The maximum absolute atomic E-state index is 5.85. The van der Waals surface area contributed by atoms with Gasteiger partial charge in [-0.3, -0.25) is 0 Å². The number of hydrogen-bond donors (Lipinski definition) is 0. The molecular weight excluding hydrogens is 240 g/mol. The van der Waals surface area contributed by atoms with Gasteiger partial charge in [0.05, 0.1) is 5.56 Å². The lowest BCUT2D eigenvalue weighted by Gasteiger charge is -2.08. The fourth-order valence-corrected chi connectivity index (χ4v) is 2.03. The van der Waals surface area contributed by atoms with E-state index in [2.05, 4.69) is 0 Å². The van der Waals surface area contributed by atoms with Gasteiger partial charge in [0.15, 0.2) is 6.79 Å². The summed E-state index contributed by atoms with van der Waals surface area (Å²) in [6.07, 6.45) is 0. The van der Waals surface area contributed by atoms with Crippen molar-refractivity contribution in [3.8, 4) is 17.1 Å². The van der Waals surface area contributed by atoms with E-state index in [0.29, 0.717) is 0 Å². The van der Waals surface area contributed by atoms with E-state index in [1.54, 1.807) is 7.11 Å². The molecule has 0 N–H and O–H groups in total. The summed E-state index contributed by atoms with van der Waals surface area (Å²) in [5.74, 6) is 1.55. The van der Waals surface area contributed by atoms with Crippen LogP contribution in [0, 0.1) is 0 Å². The minimum atomic E-state index is 0.219. The highest BCUT2D eigenvalue weighted by molar-refractivity contribution is 5.83. The van der Waals surface area contributed by atoms with Crippen LogP contribution in [0.2, 0.25) is 0 Å². The van der Waals surface area contributed by atoms with Crippen molar-refractivity contribution in [2.24, 2.45) is 0 Å². The van der Waals surface area contributed by atoms with Crippen LogP contribution >= 0.6 is 0 Å². The minimum absolute atomic E-state index is 0.219. The van der Waals surface area contributed by atoms with Crippen molar-refractivity contribution in [1.29, 1.82) is 0 Å². The lowest BCUT2D eigenvalue weighted by atomic mass is 10.1. The molecule has 2 aromatic carbocycles.